The lowest BCUT2D eigenvalue weighted by Gasteiger charge is -2.26. The Morgan fingerprint density at radius 3 is 2.82 bits per heavy atom. The number of amides is 2. The van der Waals surface area contributed by atoms with E-state index in [2.05, 4.69) is 5.32 Å². The molecule has 0 aromatic heterocycles. The average molecular weight is 234 g/mol. The van der Waals surface area contributed by atoms with Crippen LogP contribution in [-0.2, 0) is 9.59 Å². The van der Waals surface area contributed by atoms with Crippen LogP contribution in [0, 0.1) is 0 Å². The molecule has 0 radical (unpaired) electrons. The molecule has 0 saturated carbocycles. The van der Waals surface area contributed by atoms with Gasteiger partial charge in [-0.2, -0.15) is 0 Å². The summed E-state index contributed by atoms with van der Waals surface area (Å²) in [4.78, 5) is 34.8. The highest BCUT2D eigenvalue weighted by Crippen LogP contribution is 2.17. The van der Waals surface area contributed by atoms with Crippen molar-refractivity contribution in [2.24, 2.45) is 0 Å². The smallest absolute Gasteiger partial charge is 0.335 e. The van der Waals surface area contributed by atoms with E-state index in [0.717, 1.165) is 0 Å². The van der Waals surface area contributed by atoms with Gasteiger partial charge in [-0.25, -0.2) is 4.79 Å². The third kappa shape index (κ3) is 2.10. The lowest BCUT2D eigenvalue weighted by Crippen LogP contribution is -2.52. The number of nitrogens with one attached hydrogen (secondary N) is 1. The van der Waals surface area contributed by atoms with Gasteiger partial charge in [0, 0.05) is 18.8 Å². The topological polar surface area (TPSA) is 86.7 Å². The van der Waals surface area contributed by atoms with Crippen molar-refractivity contribution in [2.45, 2.75) is 0 Å². The van der Waals surface area contributed by atoms with Gasteiger partial charge in [0.25, 0.3) is 0 Å². The normalized spacial score (nSPS) is 15.6. The molecule has 1 aliphatic heterocycles. The number of carbonyl (C=O) groups is 3. The predicted molar refractivity (Wildman–Crippen MR) is 58.8 cm³/mol. The van der Waals surface area contributed by atoms with E-state index in [-0.39, 0.29) is 5.56 Å². The van der Waals surface area contributed by atoms with Gasteiger partial charge in [-0.3, -0.25) is 9.59 Å². The van der Waals surface area contributed by atoms with Crippen molar-refractivity contribution in [1.29, 1.82) is 0 Å². The molecule has 0 aliphatic carbocycles. The van der Waals surface area contributed by atoms with E-state index in [1.807, 2.05) is 0 Å². The Morgan fingerprint density at radius 1 is 1.35 bits per heavy atom. The van der Waals surface area contributed by atoms with Crippen LogP contribution in [-0.4, -0.2) is 36.0 Å². The van der Waals surface area contributed by atoms with Gasteiger partial charge in [0.15, 0.2) is 0 Å². The van der Waals surface area contributed by atoms with Gasteiger partial charge in [0.05, 0.1) is 5.56 Å². The van der Waals surface area contributed by atoms with Gasteiger partial charge >= 0.3 is 17.8 Å². The molecule has 0 bridgehead atoms. The van der Waals surface area contributed by atoms with Crippen molar-refractivity contribution in [3.8, 4) is 0 Å². The maximum absolute atomic E-state index is 11.6. The van der Waals surface area contributed by atoms with Gasteiger partial charge in [0.2, 0.25) is 0 Å². The summed E-state index contributed by atoms with van der Waals surface area (Å²) in [5.74, 6) is -2.41. The van der Waals surface area contributed by atoms with Crippen molar-refractivity contribution < 1.29 is 19.5 Å². The number of anilines is 1. The molecule has 0 atom stereocenters. The van der Waals surface area contributed by atoms with Crippen molar-refractivity contribution in [1.82, 2.24) is 5.32 Å². The van der Waals surface area contributed by atoms with Crippen molar-refractivity contribution in [3.05, 3.63) is 29.8 Å². The standard InChI is InChI=1S/C11H10N2O4/c14-9-10(15)13(5-4-12-9)8-3-1-2-7(6-8)11(16)17/h1-3,6H,4-5H2,(H,12,14)(H,16,17). The quantitative estimate of drug-likeness (QED) is 0.696. The first kappa shape index (κ1) is 11.1. The van der Waals surface area contributed by atoms with Crippen LogP contribution < -0.4 is 10.2 Å². The maximum atomic E-state index is 11.6. The predicted octanol–water partition coefficient (Wildman–Crippen LogP) is -0.152. The Labute approximate surface area is 96.8 Å². The molecule has 1 aliphatic rings. The van der Waals surface area contributed by atoms with Crippen LogP contribution in [0.1, 0.15) is 10.4 Å². The Bertz CT molecular complexity index is 498. The maximum Gasteiger partial charge on any atom is 0.335 e. The number of aromatic carboxylic acids is 1. The molecule has 0 spiro atoms. The highest BCUT2D eigenvalue weighted by Gasteiger charge is 2.27. The number of hydrogen-bond donors (Lipinski definition) is 2. The summed E-state index contributed by atoms with van der Waals surface area (Å²) in [6.45, 7) is 0.704. The fourth-order valence-electron chi connectivity index (χ4n) is 1.63. The van der Waals surface area contributed by atoms with E-state index in [1.54, 1.807) is 12.1 Å². The second-order valence-corrected chi connectivity index (χ2v) is 3.57. The van der Waals surface area contributed by atoms with E-state index in [1.165, 1.54) is 17.0 Å². The van der Waals surface area contributed by atoms with E-state index < -0.39 is 17.8 Å². The lowest BCUT2D eigenvalue weighted by atomic mass is 10.1. The number of carboxylic acid groups (broad SMARTS) is 1. The van der Waals surface area contributed by atoms with Crippen molar-refractivity contribution in [3.63, 3.8) is 0 Å². The fourth-order valence-corrected chi connectivity index (χ4v) is 1.63. The van der Waals surface area contributed by atoms with Gasteiger partial charge in [-0.05, 0) is 18.2 Å². The SMILES string of the molecule is O=C1NCCN(c2cccc(C(=O)O)c2)C1=O. The molecule has 1 aromatic rings. The van der Waals surface area contributed by atoms with Crippen molar-refractivity contribution in [2.75, 3.05) is 18.0 Å². The number of carbonyl (C=O) groups excluding carboxylic acids is 2. The number of nitrogens with zero attached hydrogens (tertiary/aromatic N) is 1. The minimum absolute atomic E-state index is 0.0845. The van der Waals surface area contributed by atoms with Gasteiger partial charge in [-0.1, -0.05) is 6.07 Å². The monoisotopic (exact) mass is 234 g/mol. The molecule has 1 fully saturated rings. The Kier molecular flexibility index (Phi) is 2.78. The summed E-state index contributed by atoms with van der Waals surface area (Å²) < 4.78 is 0. The average Bonchev–Trinajstić information content (AvgIpc) is 2.33. The Hall–Kier alpha value is -2.37. The molecule has 6 heteroatoms. The van der Waals surface area contributed by atoms with Crippen molar-refractivity contribution >= 4 is 23.5 Å². The number of carboxylic acids is 1. The number of rotatable bonds is 2. The van der Waals surface area contributed by atoms with Gasteiger partial charge in [0.1, 0.15) is 0 Å². The molecular formula is C11H10N2O4. The Balaban J connectivity index is 2.33. The van der Waals surface area contributed by atoms with E-state index in [4.69, 9.17) is 5.11 Å². The molecule has 1 saturated heterocycles. The summed E-state index contributed by atoms with van der Waals surface area (Å²) in [5.41, 5.74) is 0.506. The zero-order chi connectivity index (χ0) is 12.4. The number of piperazine rings is 1. The zero-order valence-corrected chi connectivity index (χ0v) is 8.84. The molecule has 0 unspecified atom stereocenters. The largest absolute Gasteiger partial charge is 0.478 e. The summed E-state index contributed by atoms with van der Waals surface area (Å²) in [7, 11) is 0. The van der Waals surface area contributed by atoms with Gasteiger partial charge < -0.3 is 15.3 Å². The first-order valence-corrected chi connectivity index (χ1v) is 5.02. The Morgan fingerprint density at radius 2 is 2.12 bits per heavy atom. The molecule has 2 amide bonds. The number of hydrogen-bond acceptors (Lipinski definition) is 3. The molecule has 2 rings (SSSR count). The second kappa shape index (κ2) is 4.25. The molecule has 88 valence electrons. The molecule has 17 heavy (non-hydrogen) atoms. The first-order chi connectivity index (χ1) is 8.09. The minimum Gasteiger partial charge on any atom is -0.478 e. The molecule has 1 aromatic carbocycles. The summed E-state index contributed by atoms with van der Waals surface area (Å²) >= 11 is 0. The molecule has 1 heterocycles. The highest BCUT2D eigenvalue weighted by atomic mass is 16.4. The van der Waals surface area contributed by atoms with Crippen LogP contribution in [0.2, 0.25) is 0 Å². The van der Waals surface area contributed by atoms with Crippen LogP contribution in [0.5, 0.6) is 0 Å². The van der Waals surface area contributed by atoms with Gasteiger partial charge in [-0.15, -0.1) is 0 Å². The lowest BCUT2D eigenvalue weighted by molar-refractivity contribution is -0.138. The van der Waals surface area contributed by atoms with Crippen LogP contribution >= 0.6 is 0 Å². The molecule has 2 N–H and O–H groups in total. The highest BCUT2D eigenvalue weighted by molar-refractivity contribution is 6.41. The fraction of sp³-hybridized carbons (Fsp3) is 0.182. The van der Waals surface area contributed by atoms with E-state index in [9.17, 15) is 14.4 Å². The summed E-state index contributed by atoms with van der Waals surface area (Å²) in [6, 6.07) is 5.95. The van der Waals surface area contributed by atoms with Crippen LogP contribution in [0.25, 0.3) is 0 Å². The first-order valence-electron chi connectivity index (χ1n) is 5.02. The van der Waals surface area contributed by atoms with E-state index in [0.29, 0.717) is 18.8 Å². The second-order valence-electron chi connectivity index (χ2n) is 3.57. The summed E-state index contributed by atoms with van der Waals surface area (Å²) in [6.07, 6.45) is 0. The zero-order valence-electron chi connectivity index (χ0n) is 8.84. The van der Waals surface area contributed by atoms with E-state index >= 15 is 0 Å². The third-order valence-electron chi connectivity index (χ3n) is 2.47. The van der Waals surface area contributed by atoms with Crippen LogP contribution in [0.4, 0.5) is 5.69 Å². The third-order valence-corrected chi connectivity index (χ3v) is 2.47. The summed E-state index contributed by atoms with van der Waals surface area (Å²) in [5, 5.41) is 11.3. The molecule has 6 nitrogen and oxygen atoms in total. The number of benzene rings is 1. The van der Waals surface area contributed by atoms with Crippen LogP contribution in [0.15, 0.2) is 24.3 Å². The molecular weight excluding hydrogens is 224 g/mol. The minimum atomic E-state index is -1.07. The van der Waals surface area contributed by atoms with Crippen LogP contribution in [0.3, 0.4) is 0 Å².